The van der Waals surface area contributed by atoms with Crippen LogP contribution < -0.4 is 17.2 Å². The van der Waals surface area contributed by atoms with Crippen LogP contribution >= 0.6 is 36.7 Å². The molecule has 0 amide bonds. The van der Waals surface area contributed by atoms with Crippen molar-refractivity contribution in [3.63, 3.8) is 0 Å². The average Bonchev–Trinajstić information content (AvgIpc) is 2.50. The molecule has 6 N–H and O–H groups in total. The van der Waals surface area contributed by atoms with Crippen molar-refractivity contribution in [1.82, 2.24) is 0 Å². The number of aryl methyl sites for hydroxylation is 1. The van der Waals surface area contributed by atoms with E-state index in [0.717, 1.165) is 0 Å². The number of thiocarbonyl (C=S) groups is 3. The van der Waals surface area contributed by atoms with E-state index < -0.39 is 0 Å². The molecule has 27 heavy (non-hydrogen) atoms. The average molecular weight is 562 g/mol. The molecule has 0 heterocycles. The fourth-order valence-electron chi connectivity index (χ4n) is 1.68. The van der Waals surface area contributed by atoms with Crippen LogP contribution in [-0.4, -0.2) is 13.0 Å². The molecular formula is C17H27MoN3S6. The van der Waals surface area contributed by atoms with Gasteiger partial charge in [-0.25, -0.2) is 0 Å². The number of rotatable bonds is 7. The summed E-state index contributed by atoms with van der Waals surface area (Å²) < 4.78 is 0.250. The van der Waals surface area contributed by atoms with Crippen molar-refractivity contribution in [2.24, 2.45) is 17.2 Å². The minimum absolute atomic E-state index is 0. The molecule has 1 aromatic carbocycles. The van der Waals surface area contributed by atoms with Crippen LogP contribution in [0.1, 0.15) is 51.0 Å². The van der Waals surface area contributed by atoms with Crippen molar-refractivity contribution in [1.29, 1.82) is 0 Å². The number of benzene rings is 1. The van der Waals surface area contributed by atoms with Gasteiger partial charge in [0.2, 0.25) is 0 Å². The van der Waals surface area contributed by atoms with Gasteiger partial charge in [-0.1, -0.05) is 64.8 Å². The summed E-state index contributed by atoms with van der Waals surface area (Å²) in [6, 6.07) is 11.6. The van der Waals surface area contributed by atoms with Crippen LogP contribution in [0, 0.1) is 6.07 Å². The molecule has 1 aromatic rings. The zero-order valence-electron chi connectivity index (χ0n) is 15.3. The van der Waals surface area contributed by atoms with E-state index in [1.54, 1.807) is 0 Å². The topological polar surface area (TPSA) is 78.1 Å². The smallest absolute Gasteiger partial charge is 0.415 e. The Balaban J connectivity index is -0.000000169. The predicted octanol–water partition coefficient (Wildman–Crippen LogP) is 3.72. The van der Waals surface area contributed by atoms with Gasteiger partial charge in [-0.05, 0) is 0 Å². The normalized spacial score (nSPS) is 8.04. The fourth-order valence-corrected chi connectivity index (χ4v) is 1.68. The van der Waals surface area contributed by atoms with Gasteiger partial charge in [-0.3, -0.25) is 0 Å². The van der Waals surface area contributed by atoms with Crippen molar-refractivity contribution >= 4 is 87.5 Å². The summed E-state index contributed by atoms with van der Waals surface area (Å²) in [7, 11) is 0. The third-order valence-corrected chi connectivity index (χ3v) is 2.57. The molecular weight excluding hydrogens is 535 g/mol. The number of nitrogens with two attached hydrogens (primary N) is 3. The summed E-state index contributed by atoms with van der Waals surface area (Å²) in [6.07, 6.45) is 9.46. The second-order valence-corrected chi connectivity index (χ2v) is 8.28. The summed E-state index contributed by atoms with van der Waals surface area (Å²) in [6.45, 7) is 2.26. The Kier molecular flexibility index (Phi) is 36.6. The van der Waals surface area contributed by atoms with Crippen molar-refractivity contribution in [3.05, 3.63) is 35.9 Å². The Bertz CT molecular complexity index is 434. The van der Waals surface area contributed by atoms with E-state index in [0.29, 0.717) is 0 Å². The number of unbranched alkanes of at least 4 members (excludes halogenated alkanes) is 5. The Morgan fingerprint density at radius 3 is 1.63 bits per heavy atom. The van der Waals surface area contributed by atoms with Gasteiger partial charge in [0, 0.05) is 0 Å². The number of hydrogen-bond donors (Lipinski definition) is 3. The van der Waals surface area contributed by atoms with Crippen molar-refractivity contribution in [2.45, 2.75) is 51.9 Å². The largest absolute Gasteiger partial charge is 4.00 e. The summed E-state index contributed by atoms with van der Waals surface area (Å²) in [5, 5.41) is 0. The quantitative estimate of drug-likeness (QED) is 0.152. The van der Waals surface area contributed by atoms with Gasteiger partial charge in [0.05, 0.1) is 0 Å². The van der Waals surface area contributed by atoms with Crippen LogP contribution in [0.4, 0.5) is 0 Å². The molecule has 0 aliphatic rings. The third kappa shape index (κ3) is 58.5. The maximum Gasteiger partial charge on any atom is 4.00 e. The van der Waals surface area contributed by atoms with E-state index in [4.69, 9.17) is 0 Å². The minimum atomic E-state index is 0. The first-order valence-corrected chi connectivity index (χ1v) is 10.4. The molecule has 0 spiro atoms. The van der Waals surface area contributed by atoms with Gasteiger partial charge in [-0.15, -0.1) is 0 Å². The van der Waals surface area contributed by atoms with Crippen LogP contribution in [0.25, 0.3) is 0 Å². The minimum Gasteiger partial charge on any atom is -0.415 e. The Morgan fingerprint density at radius 2 is 1.26 bits per heavy atom. The molecule has 3 nitrogen and oxygen atoms in total. The number of hydrogen-bond acceptors (Lipinski definition) is 6. The molecule has 0 saturated carbocycles. The first-order chi connectivity index (χ1) is 12.1. The first-order valence-electron chi connectivity index (χ1n) is 7.98. The maximum absolute atomic E-state index is 4.66. The van der Waals surface area contributed by atoms with Gasteiger partial charge >= 0.3 is 21.1 Å². The van der Waals surface area contributed by atoms with Gasteiger partial charge in [0.15, 0.2) is 0 Å². The van der Waals surface area contributed by atoms with Crippen molar-refractivity contribution in [2.75, 3.05) is 0 Å². The molecule has 0 radical (unpaired) electrons. The van der Waals surface area contributed by atoms with Gasteiger partial charge in [0.1, 0.15) is 0 Å². The molecule has 0 aliphatic heterocycles. The van der Waals surface area contributed by atoms with E-state index in [2.05, 4.69) is 117 Å². The zero-order valence-corrected chi connectivity index (χ0v) is 22.3. The molecule has 10 heteroatoms. The summed E-state index contributed by atoms with van der Waals surface area (Å²) in [4.78, 5) is 0. The molecule has 0 atom stereocenters. The molecule has 0 aromatic heterocycles. The molecule has 0 aliphatic carbocycles. The second-order valence-electron chi connectivity index (χ2n) is 4.86. The Hall–Kier alpha value is 0.238. The van der Waals surface area contributed by atoms with Crippen LogP contribution in [0.3, 0.4) is 0 Å². The Morgan fingerprint density at radius 1 is 0.852 bits per heavy atom. The molecule has 0 bridgehead atoms. The first kappa shape index (κ1) is 34.7. The predicted molar refractivity (Wildman–Crippen MR) is 135 cm³/mol. The van der Waals surface area contributed by atoms with Gasteiger partial charge in [0.25, 0.3) is 0 Å². The second kappa shape index (κ2) is 28.4. The standard InChI is InChI=1S/C14H21.3CH3NS2.Mo/c1-2-3-4-5-6-8-11-14-12-9-7-10-13-14;3*2-1(3)4;/h7,9-10,12H,2-6,8,11H2,1H3;3*(H3,2,3,4);/q-1;;;;+4/p-3. The van der Waals surface area contributed by atoms with Gasteiger partial charge in [-0.2, -0.15) is 35.9 Å². The molecule has 0 fully saturated rings. The van der Waals surface area contributed by atoms with E-state index in [9.17, 15) is 0 Å². The van der Waals surface area contributed by atoms with Gasteiger partial charge < -0.3 is 91.7 Å². The molecule has 0 unspecified atom stereocenters. The third-order valence-electron chi connectivity index (χ3n) is 2.57. The van der Waals surface area contributed by atoms with Crippen LogP contribution in [0.5, 0.6) is 0 Å². The molecule has 152 valence electrons. The Labute approximate surface area is 211 Å². The summed E-state index contributed by atoms with van der Waals surface area (Å²) in [5.74, 6) is 0. The van der Waals surface area contributed by atoms with E-state index in [1.165, 1.54) is 50.5 Å². The molecule has 0 saturated heterocycles. The fraction of sp³-hybridized carbons (Fsp3) is 0.471. The monoisotopic (exact) mass is 563 g/mol. The summed E-state index contributed by atoms with van der Waals surface area (Å²) >= 11 is 24.8. The SMILES string of the molecule is CCCCCCCCc1[c-]cccc1.NC(=S)[S-].NC(=S)[S-].NC(=S)[S-].[Mo+4]. The van der Waals surface area contributed by atoms with Crippen LogP contribution in [0.2, 0.25) is 0 Å². The van der Waals surface area contributed by atoms with Crippen molar-refractivity contribution < 1.29 is 21.1 Å². The van der Waals surface area contributed by atoms with E-state index >= 15 is 0 Å². The van der Waals surface area contributed by atoms with E-state index in [1.807, 2.05) is 12.1 Å². The van der Waals surface area contributed by atoms with Crippen molar-refractivity contribution in [3.8, 4) is 0 Å². The summed E-state index contributed by atoms with van der Waals surface area (Å²) in [5.41, 5.74) is 15.3. The maximum atomic E-state index is 4.66. The zero-order chi connectivity index (χ0) is 20.8. The van der Waals surface area contributed by atoms with E-state index in [-0.39, 0.29) is 34.0 Å². The molecule has 1 rings (SSSR count). The van der Waals surface area contributed by atoms with Crippen LogP contribution in [0.15, 0.2) is 24.3 Å². The van der Waals surface area contributed by atoms with Crippen LogP contribution in [-0.2, 0) is 65.4 Å².